The summed E-state index contributed by atoms with van der Waals surface area (Å²) >= 11 is 5.74. The number of likely N-dealkylation sites (tertiary alicyclic amines) is 1. The second-order valence-corrected chi connectivity index (χ2v) is 4.15. The molecule has 70 valence electrons. The summed E-state index contributed by atoms with van der Waals surface area (Å²) in [6, 6.07) is 0.382. The highest BCUT2D eigenvalue weighted by Gasteiger charge is 2.25. The predicted octanol–water partition coefficient (Wildman–Crippen LogP) is 2.01. The smallest absolute Gasteiger partial charge is 0.240 e. The summed E-state index contributed by atoms with van der Waals surface area (Å²) in [7, 11) is 0. The van der Waals surface area contributed by atoms with Crippen LogP contribution in [-0.4, -0.2) is 28.8 Å². The van der Waals surface area contributed by atoms with Crippen molar-refractivity contribution >= 4 is 17.5 Å². The minimum Gasteiger partial charge on any atom is -0.339 e. The quantitative estimate of drug-likeness (QED) is 0.578. The molecule has 0 aromatic carbocycles. The average molecular weight is 190 g/mol. The number of piperidine rings is 1. The molecule has 12 heavy (non-hydrogen) atoms. The summed E-state index contributed by atoms with van der Waals surface area (Å²) in [6.07, 6.45) is 3.48. The molecule has 3 heteroatoms. The molecule has 0 unspecified atom stereocenters. The first-order valence-electron chi connectivity index (χ1n) is 4.57. The number of hydrogen-bond donors (Lipinski definition) is 0. The summed E-state index contributed by atoms with van der Waals surface area (Å²) < 4.78 is 0. The van der Waals surface area contributed by atoms with Crippen LogP contribution in [0.2, 0.25) is 0 Å². The second kappa shape index (κ2) is 4.13. The number of rotatable bonds is 1. The molecular formula is C9H16ClNO. The van der Waals surface area contributed by atoms with Gasteiger partial charge >= 0.3 is 0 Å². The molecule has 1 amide bonds. The Labute approximate surface area is 78.9 Å². The zero-order valence-electron chi connectivity index (χ0n) is 7.72. The van der Waals surface area contributed by atoms with E-state index in [1.54, 1.807) is 6.92 Å². The molecule has 0 aromatic heterocycles. The molecule has 2 nitrogen and oxygen atoms in total. The van der Waals surface area contributed by atoms with Crippen LogP contribution in [0.25, 0.3) is 0 Å². The summed E-state index contributed by atoms with van der Waals surface area (Å²) in [5.74, 6) is 0.0869. The molecule has 1 aliphatic rings. The highest BCUT2D eigenvalue weighted by Crippen LogP contribution is 2.18. The van der Waals surface area contributed by atoms with Crippen LogP contribution in [0.1, 0.15) is 33.1 Å². The van der Waals surface area contributed by atoms with Crippen molar-refractivity contribution in [2.24, 2.45) is 0 Å². The fourth-order valence-corrected chi connectivity index (χ4v) is 1.78. The number of halogens is 1. The van der Waals surface area contributed by atoms with E-state index >= 15 is 0 Å². The maximum Gasteiger partial charge on any atom is 0.240 e. The van der Waals surface area contributed by atoms with Gasteiger partial charge in [0, 0.05) is 12.6 Å². The number of amides is 1. The monoisotopic (exact) mass is 189 g/mol. The van der Waals surface area contributed by atoms with E-state index in [1.165, 1.54) is 6.42 Å². The van der Waals surface area contributed by atoms with Gasteiger partial charge < -0.3 is 4.90 Å². The molecule has 0 spiro atoms. The number of nitrogens with zero attached hydrogens (tertiary/aromatic N) is 1. The molecule has 0 aliphatic carbocycles. The van der Waals surface area contributed by atoms with E-state index < -0.39 is 0 Å². The molecule has 0 saturated carbocycles. The Morgan fingerprint density at radius 2 is 2.25 bits per heavy atom. The van der Waals surface area contributed by atoms with Crippen molar-refractivity contribution in [2.75, 3.05) is 6.54 Å². The zero-order valence-corrected chi connectivity index (χ0v) is 8.47. The fourth-order valence-electron chi connectivity index (χ4n) is 1.65. The van der Waals surface area contributed by atoms with Crippen LogP contribution in [0.4, 0.5) is 0 Å². The SMILES string of the molecule is C[C@H](Cl)C(=O)N1CCCC[C@H]1C. The van der Waals surface area contributed by atoms with Gasteiger partial charge in [-0.3, -0.25) is 4.79 Å². The van der Waals surface area contributed by atoms with Crippen molar-refractivity contribution in [1.29, 1.82) is 0 Å². The maximum atomic E-state index is 11.5. The van der Waals surface area contributed by atoms with E-state index in [0.717, 1.165) is 19.4 Å². The first-order chi connectivity index (χ1) is 5.63. The van der Waals surface area contributed by atoms with E-state index in [0.29, 0.717) is 6.04 Å². The third-order valence-corrected chi connectivity index (χ3v) is 2.61. The van der Waals surface area contributed by atoms with Gasteiger partial charge in [0.05, 0.1) is 0 Å². The third-order valence-electron chi connectivity index (χ3n) is 2.43. The van der Waals surface area contributed by atoms with Crippen molar-refractivity contribution < 1.29 is 4.79 Å². The number of carbonyl (C=O) groups excluding carboxylic acids is 1. The minimum absolute atomic E-state index is 0.0869. The zero-order chi connectivity index (χ0) is 9.14. The Morgan fingerprint density at radius 3 is 2.75 bits per heavy atom. The molecular weight excluding hydrogens is 174 g/mol. The molecule has 2 atom stereocenters. The number of hydrogen-bond acceptors (Lipinski definition) is 1. The van der Waals surface area contributed by atoms with E-state index in [2.05, 4.69) is 6.92 Å². The van der Waals surface area contributed by atoms with Crippen molar-refractivity contribution in [3.8, 4) is 0 Å². The second-order valence-electron chi connectivity index (χ2n) is 3.49. The molecule has 0 radical (unpaired) electrons. The van der Waals surface area contributed by atoms with Gasteiger partial charge in [-0.05, 0) is 33.1 Å². The van der Waals surface area contributed by atoms with Crippen molar-refractivity contribution in [3.63, 3.8) is 0 Å². The Hall–Kier alpha value is -0.240. The number of alkyl halides is 1. The minimum atomic E-state index is -0.370. The van der Waals surface area contributed by atoms with Crippen molar-refractivity contribution in [2.45, 2.75) is 44.5 Å². The third kappa shape index (κ3) is 2.13. The number of carbonyl (C=O) groups is 1. The van der Waals surface area contributed by atoms with Crippen LogP contribution in [0.15, 0.2) is 0 Å². The molecule has 1 rings (SSSR count). The molecule has 1 heterocycles. The molecule has 1 aliphatic heterocycles. The normalized spacial score (nSPS) is 26.9. The summed E-state index contributed by atoms with van der Waals surface area (Å²) in [4.78, 5) is 13.4. The largest absolute Gasteiger partial charge is 0.339 e. The van der Waals surface area contributed by atoms with Gasteiger partial charge in [-0.1, -0.05) is 0 Å². The summed E-state index contributed by atoms with van der Waals surface area (Å²) in [6.45, 7) is 4.72. The standard InChI is InChI=1S/C9H16ClNO/c1-7-5-3-4-6-11(7)9(12)8(2)10/h7-8H,3-6H2,1-2H3/t7-,8+/m1/s1. The Bertz CT molecular complexity index is 170. The lowest BCUT2D eigenvalue weighted by Crippen LogP contribution is -2.44. The first kappa shape index (κ1) is 9.85. The molecule has 0 N–H and O–H groups in total. The molecule has 1 fully saturated rings. The van der Waals surface area contributed by atoms with Gasteiger partial charge in [0.2, 0.25) is 5.91 Å². The maximum absolute atomic E-state index is 11.5. The van der Waals surface area contributed by atoms with E-state index in [9.17, 15) is 4.79 Å². The van der Waals surface area contributed by atoms with Gasteiger partial charge in [0.25, 0.3) is 0 Å². The van der Waals surface area contributed by atoms with Crippen LogP contribution in [0.5, 0.6) is 0 Å². The van der Waals surface area contributed by atoms with E-state index in [-0.39, 0.29) is 11.3 Å². The van der Waals surface area contributed by atoms with Crippen molar-refractivity contribution in [1.82, 2.24) is 4.90 Å². The molecule has 1 saturated heterocycles. The topological polar surface area (TPSA) is 20.3 Å². The average Bonchev–Trinajstić information content (AvgIpc) is 2.04. The summed E-state index contributed by atoms with van der Waals surface area (Å²) in [5.41, 5.74) is 0. The van der Waals surface area contributed by atoms with E-state index in [1.807, 2.05) is 4.90 Å². The Kier molecular flexibility index (Phi) is 3.39. The fraction of sp³-hybridized carbons (Fsp3) is 0.889. The predicted molar refractivity (Wildman–Crippen MR) is 50.3 cm³/mol. The van der Waals surface area contributed by atoms with Crippen LogP contribution in [0, 0.1) is 0 Å². The van der Waals surface area contributed by atoms with Gasteiger partial charge in [-0.25, -0.2) is 0 Å². The first-order valence-corrected chi connectivity index (χ1v) is 5.01. The van der Waals surface area contributed by atoms with Crippen LogP contribution >= 0.6 is 11.6 Å². The Balaban J connectivity index is 2.53. The van der Waals surface area contributed by atoms with E-state index in [4.69, 9.17) is 11.6 Å². The highest BCUT2D eigenvalue weighted by molar-refractivity contribution is 6.30. The lowest BCUT2D eigenvalue weighted by molar-refractivity contribution is -0.133. The highest BCUT2D eigenvalue weighted by atomic mass is 35.5. The van der Waals surface area contributed by atoms with Gasteiger partial charge in [0.1, 0.15) is 5.38 Å². The molecule has 0 aromatic rings. The molecule has 0 bridgehead atoms. The lowest BCUT2D eigenvalue weighted by atomic mass is 10.0. The van der Waals surface area contributed by atoms with Crippen LogP contribution in [0.3, 0.4) is 0 Å². The lowest BCUT2D eigenvalue weighted by Gasteiger charge is -2.34. The summed E-state index contributed by atoms with van der Waals surface area (Å²) in [5, 5.41) is -0.370. The van der Waals surface area contributed by atoms with Gasteiger partial charge in [-0.2, -0.15) is 0 Å². The van der Waals surface area contributed by atoms with Crippen LogP contribution in [-0.2, 0) is 4.79 Å². The Morgan fingerprint density at radius 1 is 1.58 bits per heavy atom. The van der Waals surface area contributed by atoms with Gasteiger partial charge in [-0.15, -0.1) is 11.6 Å². The van der Waals surface area contributed by atoms with Gasteiger partial charge in [0.15, 0.2) is 0 Å². The van der Waals surface area contributed by atoms with Crippen LogP contribution < -0.4 is 0 Å². The van der Waals surface area contributed by atoms with Crippen molar-refractivity contribution in [3.05, 3.63) is 0 Å².